The number of alkyl halides is 3. The highest BCUT2D eigenvalue weighted by Crippen LogP contribution is 2.29. The first kappa shape index (κ1) is 22.9. The molecule has 0 bridgehead atoms. The molecule has 1 N–H and O–H groups in total. The minimum Gasteiger partial charge on any atom is -0.350 e. The Balaban J connectivity index is 2.21. The SMILES string of the molecule is CCCNC(=O)c1nn(-c2cccc(C(F)(F)F)c2)c(=O)n(Cc2ccc(F)cc2)c1=O. The summed E-state index contributed by atoms with van der Waals surface area (Å²) in [6.45, 7) is 1.66. The number of nitrogens with one attached hydrogen (secondary N) is 1. The normalized spacial score (nSPS) is 11.4. The number of hydrogen-bond donors (Lipinski definition) is 1. The average molecular weight is 450 g/mol. The lowest BCUT2D eigenvalue weighted by molar-refractivity contribution is -0.137. The highest BCUT2D eigenvalue weighted by Gasteiger charge is 2.31. The van der Waals surface area contributed by atoms with Crippen LogP contribution in [0.2, 0.25) is 0 Å². The van der Waals surface area contributed by atoms with E-state index in [1.807, 2.05) is 0 Å². The van der Waals surface area contributed by atoms with Gasteiger partial charge in [-0.05, 0) is 42.3 Å². The van der Waals surface area contributed by atoms with Crippen molar-refractivity contribution in [2.24, 2.45) is 0 Å². The Morgan fingerprint density at radius 1 is 1.09 bits per heavy atom. The summed E-state index contributed by atoms with van der Waals surface area (Å²) in [4.78, 5) is 38.3. The second-order valence-corrected chi connectivity index (χ2v) is 6.86. The van der Waals surface area contributed by atoms with Crippen LogP contribution in [-0.4, -0.2) is 26.8 Å². The van der Waals surface area contributed by atoms with Gasteiger partial charge >= 0.3 is 11.9 Å². The molecule has 0 aliphatic carbocycles. The molecule has 11 heteroatoms. The molecule has 0 spiro atoms. The van der Waals surface area contributed by atoms with Crippen molar-refractivity contribution in [2.75, 3.05) is 6.54 Å². The number of carbonyl (C=O) groups excluding carboxylic acids is 1. The third-order valence-electron chi connectivity index (χ3n) is 4.48. The number of halogens is 4. The molecule has 2 aromatic carbocycles. The number of hydrogen-bond acceptors (Lipinski definition) is 4. The molecule has 3 aromatic rings. The topological polar surface area (TPSA) is 86.0 Å². The maximum absolute atomic E-state index is 13.2. The molecular formula is C21H18F4N4O3. The molecule has 0 radical (unpaired) electrons. The van der Waals surface area contributed by atoms with E-state index in [1.54, 1.807) is 6.92 Å². The number of nitrogens with zero attached hydrogens (tertiary/aromatic N) is 3. The molecule has 32 heavy (non-hydrogen) atoms. The summed E-state index contributed by atoms with van der Waals surface area (Å²) in [6, 6.07) is 8.72. The largest absolute Gasteiger partial charge is 0.416 e. The third-order valence-corrected chi connectivity index (χ3v) is 4.48. The molecular weight excluding hydrogens is 432 g/mol. The highest BCUT2D eigenvalue weighted by molar-refractivity contribution is 5.91. The Labute approximate surface area is 178 Å². The van der Waals surface area contributed by atoms with Gasteiger partial charge in [0, 0.05) is 6.54 Å². The third kappa shape index (κ3) is 4.93. The zero-order valence-electron chi connectivity index (χ0n) is 16.8. The van der Waals surface area contributed by atoms with Crippen LogP contribution in [0.25, 0.3) is 5.69 Å². The fourth-order valence-electron chi connectivity index (χ4n) is 2.87. The second kappa shape index (κ2) is 9.16. The van der Waals surface area contributed by atoms with Crippen molar-refractivity contribution in [2.45, 2.75) is 26.1 Å². The standard InChI is InChI=1S/C21H18F4N4O3/c1-2-10-26-18(30)17-19(31)28(12-13-6-8-15(22)9-7-13)20(32)29(27-17)16-5-3-4-14(11-16)21(23,24)25/h3-9,11H,2,10,12H2,1H3,(H,26,30). The first-order chi connectivity index (χ1) is 15.1. The van der Waals surface area contributed by atoms with Crippen LogP contribution in [0.15, 0.2) is 58.1 Å². The van der Waals surface area contributed by atoms with E-state index in [4.69, 9.17) is 0 Å². The lowest BCUT2D eigenvalue weighted by atomic mass is 10.2. The summed E-state index contributed by atoms with van der Waals surface area (Å²) in [5, 5.41) is 6.23. The molecule has 0 saturated carbocycles. The van der Waals surface area contributed by atoms with Gasteiger partial charge in [0.25, 0.3) is 11.5 Å². The summed E-state index contributed by atoms with van der Waals surface area (Å²) >= 11 is 0. The maximum Gasteiger partial charge on any atom is 0.416 e. The van der Waals surface area contributed by atoms with Crippen molar-refractivity contribution < 1.29 is 22.4 Å². The molecule has 0 aliphatic heterocycles. The van der Waals surface area contributed by atoms with E-state index in [2.05, 4.69) is 10.4 Å². The first-order valence-electron chi connectivity index (χ1n) is 9.56. The van der Waals surface area contributed by atoms with Crippen molar-refractivity contribution in [3.63, 3.8) is 0 Å². The van der Waals surface area contributed by atoms with Crippen molar-refractivity contribution in [3.8, 4) is 5.69 Å². The van der Waals surface area contributed by atoms with Gasteiger partial charge in [0.15, 0.2) is 0 Å². The monoisotopic (exact) mass is 450 g/mol. The second-order valence-electron chi connectivity index (χ2n) is 6.86. The number of aromatic nitrogens is 3. The first-order valence-corrected chi connectivity index (χ1v) is 9.56. The van der Waals surface area contributed by atoms with Crippen molar-refractivity contribution in [3.05, 3.63) is 92.0 Å². The van der Waals surface area contributed by atoms with Crippen molar-refractivity contribution in [1.29, 1.82) is 0 Å². The summed E-state index contributed by atoms with van der Waals surface area (Å²) < 4.78 is 53.9. The van der Waals surface area contributed by atoms with Crippen LogP contribution in [0.3, 0.4) is 0 Å². The average Bonchev–Trinajstić information content (AvgIpc) is 2.76. The smallest absolute Gasteiger partial charge is 0.350 e. The van der Waals surface area contributed by atoms with Gasteiger partial charge in [-0.1, -0.05) is 25.1 Å². The van der Waals surface area contributed by atoms with E-state index >= 15 is 0 Å². The molecule has 1 aromatic heterocycles. The Bertz CT molecular complexity index is 1250. The Hall–Kier alpha value is -3.76. The molecule has 1 amide bonds. The lowest BCUT2D eigenvalue weighted by Gasteiger charge is -2.13. The summed E-state index contributed by atoms with van der Waals surface area (Å²) in [7, 11) is 0. The van der Waals surface area contributed by atoms with E-state index in [0.29, 0.717) is 27.3 Å². The van der Waals surface area contributed by atoms with Gasteiger partial charge in [0.05, 0.1) is 17.8 Å². The molecule has 0 atom stereocenters. The predicted octanol–water partition coefficient (Wildman–Crippen LogP) is 2.74. The Morgan fingerprint density at radius 2 is 1.78 bits per heavy atom. The molecule has 1 heterocycles. The van der Waals surface area contributed by atoms with Gasteiger partial charge < -0.3 is 5.32 Å². The van der Waals surface area contributed by atoms with E-state index in [1.165, 1.54) is 18.2 Å². The molecule has 0 saturated heterocycles. The fourth-order valence-corrected chi connectivity index (χ4v) is 2.87. The van der Waals surface area contributed by atoms with E-state index in [-0.39, 0.29) is 18.8 Å². The zero-order valence-corrected chi connectivity index (χ0v) is 16.8. The lowest BCUT2D eigenvalue weighted by Crippen LogP contribution is -2.46. The maximum atomic E-state index is 13.2. The van der Waals surface area contributed by atoms with Crippen LogP contribution in [-0.2, 0) is 12.7 Å². The van der Waals surface area contributed by atoms with Gasteiger partial charge in [-0.15, -0.1) is 0 Å². The summed E-state index contributed by atoms with van der Waals surface area (Å²) in [5.74, 6) is -1.40. The highest BCUT2D eigenvalue weighted by atomic mass is 19.4. The zero-order chi connectivity index (χ0) is 23.5. The van der Waals surface area contributed by atoms with Crippen LogP contribution < -0.4 is 16.6 Å². The fraction of sp³-hybridized carbons (Fsp3) is 0.238. The minimum atomic E-state index is -4.68. The van der Waals surface area contributed by atoms with E-state index in [0.717, 1.165) is 24.3 Å². The molecule has 7 nitrogen and oxygen atoms in total. The molecule has 0 unspecified atom stereocenters. The van der Waals surface area contributed by atoms with Crippen LogP contribution in [0.4, 0.5) is 17.6 Å². The van der Waals surface area contributed by atoms with Crippen LogP contribution in [0.1, 0.15) is 35.0 Å². The number of benzene rings is 2. The van der Waals surface area contributed by atoms with Crippen LogP contribution >= 0.6 is 0 Å². The quantitative estimate of drug-likeness (QED) is 0.586. The van der Waals surface area contributed by atoms with Gasteiger partial charge in [0.2, 0.25) is 5.69 Å². The summed E-state index contributed by atoms with van der Waals surface area (Å²) in [5.41, 5.74) is -3.66. The number of carbonyl (C=O) groups is 1. The molecule has 0 fully saturated rings. The Kier molecular flexibility index (Phi) is 6.56. The predicted molar refractivity (Wildman–Crippen MR) is 107 cm³/mol. The van der Waals surface area contributed by atoms with Crippen LogP contribution in [0.5, 0.6) is 0 Å². The molecule has 0 aliphatic rings. The minimum absolute atomic E-state index is 0.223. The van der Waals surface area contributed by atoms with E-state index in [9.17, 15) is 31.9 Å². The van der Waals surface area contributed by atoms with Crippen LogP contribution in [0, 0.1) is 5.82 Å². The number of amides is 1. The van der Waals surface area contributed by atoms with Crippen molar-refractivity contribution >= 4 is 5.91 Å². The molecule has 168 valence electrons. The van der Waals surface area contributed by atoms with Gasteiger partial charge in [-0.25, -0.2) is 9.18 Å². The van der Waals surface area contributed by atoms with E-state index < -0.39 is 40.4 Å². The van der Waals surface area contributed by atoms with Gasteiger partial charge in [0.1, 0.15) is 5.82 Å². The molecule has 3 rings (SSSR count). The van der Waals surface area contributed by atoms with Gasteiger partial charge in [-0.3, -0.25) is 14.2 Å². The summed E-state index contributed by atoms with van der Waals surface area (Å²) in [6.07, 6.45) is -4.12. The Morgan fingerprint density at radius 3 is 2.41 bits per heavy atom. The van der Waals surface area contributed by atoms with Crippen molar-refractivity contribution in [1.82, 2.24) is 19.7 Å². The number of rotatable bonds is 6. The van der Waals surface area contributed by atoms with Gasteiger partial charge in [-0.2, -0.15) is 23.0 Å².